The van der Waals surface area contributed by atoms with E-state index in [2.05, 4.69) is 10.6 Å². The molecule has 8 nitrogen and oxygen atoms in total. The number of methoxy groups -OCH3 is 2. The van der Waals surface area contributed by atoms with Gasteiger partial charge in [0, 0.05) is 12.2 Å². The van der Waals surface area contributed by atoms with Crippen LogP contribution in [0.3, 0.4) is 0 Å². The molecule has 0 heterocycles. The molecule has 1 aliphatic carbocycles. The van der Waals surface area contributed by atoms with Gasteiger partial charge in [0.25, 0.3) is 5.91 Å². The largest absolute Gasteiger partial charge is 0.465 e. The van der Waals surface area contributed by atoms with E-state index in [1.54, 1.807) is 0 Å². The van der Waals surface area contributed by atoms with Gasteiger partial charge in [-0.1, -0.05) is 57.8 Å². The molecule has 0 atom stereocenters. The van der Waals surface area contributed by atoms with Crippen LogP contribution in [0.4, 0.5) is 5.69 Å². The third-order valence-electron chi connectivity index (χ3n) is 6.02. The van der Waals surface area contributed by atoms with Crippen LogP contribution < -0.4 is 10.6 Å². The van der Waals surface area contributed by atoms with E-state index in [9.17, 15) is 19.6 Å². The summed E-state index contributed by atoms with van der Waals surface area (Å²) in [5.74, 6) is -1.66. The zero-order valence-corrected chi connectivity index (χ0v) is 20.2. The number of rotatable bonds is 6. The second kappa shape index (κ2) is 14.7. The first-order valence-electron chi connectivity index (χ1n) is 12.0. The topological polar surface area (TPSA) is 118 Å². The molecule has 2 rings (SSSR count). The minimum Gasteiger partial charge on any atom is -0.465 e. The van der Waals surface area contributed by atoms with Gasteiger partial charge in [-0.25, -0.2) is 9.59 Å². The monoisotopic (exact) mass is 469 g/mol. The fourth-order valence-electron chi connectivity index (χ4n) is 4.07. The van der Waals surface area contributed by atoms with Crippen LogP contribution in [0.5, 0.6) is 0 Å². The van der Waals surface area contributed by atoms with Crippen LogP contribution in [-0.4, -0.2) is 38.1 Å². The fraction of sp³-hybridized carbons (Fsp3) is 0.538. The van der Waals surface area contributed by atoms with Crippen LogP contribution in [-0.2, 0) is 14.3 Å². The van der Waals surface area contributed by atoms with E-state index in [0.717, 1.165) is 38.5 Å². The van der Waals surface area contributed by atoms with E-state index in [1.165, 1.54) is 70.7 Å². The zero-order valence-electron chi connectivity index (χ0n) is 20.2. The number of anilines is 1. The Kier molecular flexibility index (Phi) is 11.7. The molecular weight excluding hydrogens is 434 g/mol. The maximum atomic E-state index is 12.8. The van der Waals surface area contributed by atoms with Gasteiger partial charge in [0.05, 0.1) is 31.0 Å². The lowest BCUT2D eigenvalue weighted by Crippen LogP contribution is -2.35. The minimum atomic E-state index is -0.622. The van der Waals surface area contributed by atoms with Gasteiger partial charge in [0.15, 0.2) is 0 Å². The smallest absolute Gasteiger partial charge is 0.339 e. The lowest BCUT2D eigenvalue weighted by molar-refractivity contribution is -0.117. The Morgan fingerprint density at radius 1 is 0.912 bits per heavy atom. The number of carbonyl (C=O) groups excluding carboxylic acids is 3. The number of nitrogens with one attached hydrogen (secondary N) is 2. The van der Waals surface area contributed by atoms with Crippen molar-refractivity contribution in [2.45, 2.75) is 76.7 Å². The van der Waals surface area contributed by atoms with E-state index in [1.807, 2.05) is 6.07 Å². The summed E-state index contributed by atoms with van der Waals surface area (Å²) in [5, 5.41) is 15.4. The van der Waals surface area contributed by atoms with Gasteiger partial charge in [-0.3, -0.25) is 4.79 Å². The Balaban J connectivity index is 2.13. The average Bonchev–Trinajstić information content (AvgIpc) is 2.84. The molecule has 8 heteroatoms. The molecule has 1 aromatic rings. The Bertz CT molecular complexity index is 908. The summed E-state index contributed by atoms with van der Waals surface area (Å²) >= 11 is 0. The minimum absolute atomic E-state index is 0.0250. The summed E-state index contributed by atoms with van der Waals surface area (Å²) in [6.45, 7) is 0. The van der Waals surface area contributed by atoms with Crippen molar-refractivity contribution in [1.82, 2.24) is 5.32 Å². The van der Waals surface area contributed by atoms with Crippen molar-refractivity contribution in [2.75, 3.05) is 19.5 Å². The maximum absolute atomic E-state index is 12.8. The van der Waals surface area contributed by atoms with E-state index < -0.39 is 17.8 Å². The molecule has 0 aliphatic heterocycles. The van der Waals surface area contributed by atoms with Crippen molar-refractivity contribution in [2.24, 2.45) is 0 Å². The molecule has 0 radical (unpaired) electrons. The Labute approximate surface area is 201 Å². The van der Waals surface area contributed by atoms with Gasteiger partial charge in [0.1, 0.15) is 11.6 Å². The van der Waals surface area contributed by atoms with Crippen LogP contribution in [0.15, 0.2) is 30.0 Å². The number of carbonyl (C=O) groups is 3. The number of nitrogens with zero attached hydrogens (tertiary/aromatic N) is 1. The Morgan fingerprint density at radius 3 is 2.00 bits per heavy atom. The van der Waals surface area contributed by atoms with Gasteiger partial charge < -0.3 is 20.1 Å². The van der Waals surface area contributed by atoms with E-state index in [4.69, 9.17) is 9.47 Å². The SMILES string of the molecule is COC(=O)c1ccc(C(=O)OC)c(N/C=C(/C#N)C(=O)NC2CCCCCCCCCCC2)c1. The predicted molar refractivity (Wildman–Crippen MR) is 129 cm³/mol. The maximum Gasteiger partial charge on any atom is 0.339 e. The first kappa shape index (κ1) is 26.9. The summed E-state index contributed by atoms with van der Waals surface area (Å²) in [5.41, 5.74) is 0.470. The second-order valence-corrected chi connectivity index (χ2v) is 8.49. The van der Waals surface area contributed by atoms with Crippen molar-refractivity contribution in [1.29, 1.82) is 5.26 Å². The molecule has 0 unspecified atom stereocenters. The van der Waals surface area contributed by atoms with Gasteiger partial charge in [-0.05, 0) is 31.0 Å². The molecule has 1 saturated carbocycles. The highest BCUT2D eigenvalue weighted by Gasteiger charge is 2.18. The predicted octanol–water partition coefficient (Wildman–Crippen LogP) is 4.87. The summed E-state index contributed by atoms with van der Waals surface area (Å²) in [7, 11) is 2.50. The molecule has 1 aromatic carbocycles. The van der Waals surface area contributed by atoms with Crippen molar-refractivity contribution < 1.29 is 23.9 Å². The number of hydrogen-bond donors (Lipinski definition) is 2. The second-order valence-electron chi connectivity index (χ2n) is 8.49. The molecule has 1 fully saturated rings. The lowest BCUT2D eigenvalue weighted by atomic mass is 9.97. The van der Waals surface area contributed by atoms with Gasteiger partial charge in [-0.15, -0.1) is 0 Å². The highest BCUT2D eigenvalue weighted by molar-refractivity contribution is 6.00. The summed E-state index contributed by atoms with van der Waals surface area (Å²) in [4.78, 5) is 36.8. The third kappa shape index (κ3) is 8.54. The number of nitriles is 1. The van der Waals surface area contributed by atoms with Crippen molar-refractivity contribution >= 4 is 23.5 Å². The van der Waals surface area contributed by atoms with E-state index in [0.29, 0.717) is 0 Å². The summed E-state index contributed by atoms with van der Waals surface area (Å²) in [6, 6.07) is 6.22. The molecule has 184 valence electrons. The standard InChI is InChI=1S/C26H35N3O5/c1-33-25(31)19-14-15-22(26(32)34-2)23(16-19)28-18-20(17-27)24(30)29-21-12-10-8-6-4-3-5-7-9-11-13-21/h14-16,18,21,28H,3-13H2,1-2H3,(H,29,30)/b20-18-. The van der Waals surface area contributed by atoms with E-state index >= 15 is 0 Å². The quantitative estimate of drug-likeness (QED) is 0.347. The van der Waals surface area contributed by atoms with Gasteiger partial charge in [-0.2, -0.15) is 5.26 Å². The number of amides is 1. The van der Waals surface area contributed by atoms with Crippen LogP contribution in [0.1, 0.15) is 91.3 Å². The van der Waals surface area contributed by atoms with Crippen LogP contribution in [0.2, 0.25) is 0 Å². The number of esters is 2. The number of benzene rings is 1. The normalized spacial score (nSPS) is 16.2. The number of hydrogen-bond acceptors (Lipinski definition) is 7. The highest BCUT2D eigenvalue weighted by atomic mass is 16.5. The first-order valence-corrected chi connectivity index (χ1v) is 12.0. The Morgan fingerprint density at radius 2 is 1.47 bits per heavy atom. The number of ether oxygens (including phenoxy) is 2. The van der Waals surface area contributed by atoms with Crippen LogP contribution in [0, 0.1) is 11.3 Å². The fourth-order valence-corrected chi connectivity index (χ4v) is 4.07. The molecule has 1 amide bonds. The van der Waals surface area contributed by atoms with Crippen molar-refractivity contribution in [3.05, 3.63) is 41.1 Å². The van der Waals surface area contributed by atoms with Crippen molar-refractivity contribution in [3.63, 3.8) is 0 Å². The molecule has 0 spiro atoms. The van der Waals surface area contributed by atoms with Crippen LogP contribution in [0.25, 0.3) is 0 Å². The van der Waals surface area contributed by atoms with Gasteiger partial charge in [0.2, 0.25) is 0 Å². The molecule has 0 aromatic heterocycles. The molecule has 0 bridgehead atoms. The zero-order chi connectivity index (χ0) is 24.8. The molecule has 0 saturated heterocycles. The lowest BCUT2D eigenvalue weighted by Gasteiger charge is -2.19. The first-order chi connectivity index (χ1) is 16.5. The van der Waals surface area contributed by atoms with Gasteiger partial charge >= 0.3 is 11.9 Å². The van der Waals surface area contributed by atoms with Crippen LogP contribution >= 0.6 is 0 Å². The molecular formula is C26H35N3O5. The third-order valence-corrected chi connectivity index (χ3v) is 6.02. The molecule has 2 N–H and O–H groups in total. The average molecular weight is 470 g/mol. The molecule has 34 heavy (non-hydrogen) atoms. The van der Waals surface area contributed by atoms with E-state index in [-0.39, 0.29) is 28.4 Å². The summed E-state index contributed by atoms with van der Waals surface area (Å²) in [6.07, 6.45) is 13.7. The highest BCUT2D eigenvalue weighted by Crippen LogP contribution is 2.21. The Hall–Kier alpha value is -3.34. The van der Waals surface area contributed by atoms with Crippen molar-refractivity contribution in [3.8, 4) is 6.07 Å². The molecule has 1 aliphatic rings. The summed E-state index contributed by atoms with van der Waals surface area (Å²) < 4.78 is 9.51.